The van der Waals surface area contributed by atoms with E-state index >= 15 is 0 Å². The van der Waals surface area contributed by atoms with Crippen LogP contribution >= 0.6 is 0 Å². The molecular formula is C20H20FN3O5. The number of rotatable bonds is 4. The number of phenols is 2. The number of methoxy groups -OCH3 is 1. The number of halogens is 1. The predicted molar refractivity (Wildman–Crippen MR) is 104 cm³/mol. The van der Waals surface area contributed by atoms with Gasteiger partial charge in [-0.2, -0.15) is 0 Å². The lowest BCUT2D eigenvalue weighted by atomic mass is 9.98. The summed E-state index contributed by atoms with van der Waals surface area (Å²) in [5, 5.41) is 22.7. The van der Waals surface area contributed by atoms with Gasteiger partial charge in [-0.3, -0.25) is 4.79 Å². The lowest BCUT2D eigenvalue weighted by molar-refractivity contribution is -0.114. The molecule has 0 bridgehead atoms. The van der Waals surface area contributed by atoms with Gasteiger partial charge in [0.05, 0.1) is 42.6 Å². The maximum Gasteiger partial charge on any atom is 0.221 e. The van der Waals surface area contributed by atoms with Crippen molar-refractivity contribution in [1.82, 2.24) is 9.55 Å². The Balaban J connectivity index is 2.06. The molecule has 2 aromatic carbocycles. The smallest absolute Gasteiger partial charge is 0.221 e. The first kappa shape index (κ1) is 19.0. The summed E-state index contributed by atoms with van der Waals surface area (Å²) >= 11 is 0. The van der Waals surface area contributed by atoms with Crippen molar-refractivity contribution in [1.29, 1.82) is 0 Å². The van der Waals surface area contributed by atoms with Crippen molar-refractivity contribution in [3.8, 4) is 28.6 Å². The Morgan fingerprint density at radius 1 is 1.34 bits per heavy atom. The summed E-state index contributed by atoms with van der Waals surface area (Å²) in [7, 11) is 1.30. The number of anilines is 1. The van der Waals surface area contributed by atoms with Gasteiger partial charge in [-0.05, 0) is 25.1 Å². The van der Waals surface area contributed by atoms with Crippen LogP contribution in [0.2, 0.25) is 0 Å². The van der Waals surface area contributed by atoms with Crippen LogP contribution in [0.3, 0.4) is 0 Å². The Labute approximate surface area is 165 Å². The maximum absolute atomic E-state index is 15.0. The molecule has 1 aliphatic heterocycles. The fraction of sp³-hybridized carbons (Fsp3) is 0.300. The number of nitrogens with zero attached hydrogens (tertiary/aromatic N) is 2. The summed E-state index contributed by atoms with van der Waals surface area (Å²) in [5.41, 5.74) is 1.07. The van der Waals surface area contributed by atoms with E-state index in [0.717, 1.165) is 0 Å². The first-order valence-electron chi connectivity index (χ1n) is 8.93. The van der Waals surface area contributed by atoms with E-state index in [1.165, 1.54) is 20.1 Å². The Kier molecular flexibility index (Phi) is 4.34. The molecule has 29 heavy (non-hydrogen) atoms. The van der Waals surface area contributed by atoms with Gasteiger partial charge in [0.25, 0.3) is 0 Å². The number of hydrogen-bond acceptors (Lipinski definition) is 6. The second-order valence-corrected chi connectivity index (χ2v) is 7.25. The van der Waals surface area contributed by atoms with E-state index in [2.05, 4.69) is 10.3 Å². The summed E-state index contributed by atoms with van der Waals surface area (Å²) in [4.78, 5) is 16.2. The molecule has 1 fully saturated rings. The van der Waals surface area contributed by atoms with Crippen molar-refractivity contribution < 1.29 is 28.9 Å². The van der Waals surface area contributed by atoms with E-state index in [9.17, 15) is 19.4 Å². The number of hydrogen-bond donors (Lipinski definition) is 3. The highest BCUT2D eigenvalue weighted by Crippen LogP contribution is 2.45. The molecule has 0 aliphatic carbocycles. The number of amides is 1. The number of benzene rings is 2. The van der Waals surface area contributed by atoms with Crippen molar-refractivity contribution in [2.24, 2.45) is 0 Å². The lowest BCUT2D eigenvalue weighted by Crippen LogP contribution is -2.49. The van der Waals surface area contributed by atoms with Crippen molar-refractivity contribution in [2.75, 3.05) is 25.6 Å². The number of nitrogens with one attached hydrogen (secondary N) is 1. The van der Waals surface area contributed by atoms with Crippen LogP contribution in [0, 0.1) is 5.82 Å². The number of aromatic nitrogens is 2. The van der Waals surface area contributed by atoms with Gasteiger partial charge in [0.2, 0.25) is 11.7 Å². The summed E-state index contributed by atoms with van der Waals surface area (Å²) < 4.78 is 27.3. The Bertz CT molecular complexity index is 1140. The number of aromatic hydroxyl groups is 2. The first-order chi connectivity index (χ1) is 13.8. The lowest BCUT2D eigenvalue weighted by Gasteiger charge is -2.40. The Morgan fingerprint density at radius 3 is 2.66 bits per heavy atom. The van der Waals surface area contributed by atoms with Crippen LogP contribution in [0.25, 0.3) is 22.4 Å². The summed E-state index contributed by atoms with van der Waals surface area (Å²) in [6.45, 7) is 4.11. The Hall–Kier alpha value is -3.33. The average molecular weight is 401 g/mol. The molecule has 0 radical (unpaired) electrons. The van der Waals surface area contributed by atoms with Gasteiger partial charge in [0, 0.05) is 6.92 Å². The fourth-order valence-electron chi connectivity index (χ4n) is 3.57. The van der Waals surface area contributed by atoms with Crippen LogP contribution in [0.4, 0.5) is 10.1 Å². The van der Waals surface area contributed by atoms with Crippen LogP contribution in [0.1, 0.15) is 13.8 Å². The first-order valence-corrected chi connectivity index (χ1v) is 8.93. The van der Waals surface area contributed by atoms with E-state index in [0.29, 0.717) is 29.9 Å². The van der Waals surface area contributed by atoms with Crippen molar-refractivity contribution >= 4 is 22.6 Å². The van der Waals surface area contributed by atoms with Crippen molar-refractivity contribution in [2.45, 2.75) is 19.4 Å². The quantitative estimate of drug-likeness (QED) is 0.581. The minimum absolute atomic E-state index is 0.0461. The highest BCUT2D eigenvalue weighted by Gasteiger charge is 2.39. The second-order valence-electron chi connectivity index (χ2n) is 7.25. The second kappa shape index (κ2) is 6.63. The SMILES string of the molecule is COc1cc(-c2nc3c(NC(C)=O)cccc3n2C2(C)COC2)c(F)c(O)c1O. The van der Waals surface area contributed by atoms with Crippen LogP contribution in [-0.4, -0.2) is 46.0 Å². The zero-order valence-corrected chi connectivity index (χ0v) is 16.1. The van der Waals surface area contributed by atoms with Crippen LogP contribution < -0.4 is 10.1 Å². The topological polar surface area (TPSA) is 106 Å². The molecule has 0 saturated carbocycles. The van der Waals surface area contributed by atoms with Gasteiger partial charge in [-0.1, -0.05) is 6.07 Å². The maximum atomic E-state index is 15.0. The van der Waals surface area contributed by atoms with Crippen LogP contribution in [0.5, 0.6) is 17.2 Å². The van der Waals surface area contributed by atoms with Crippen LogP contribution in [-0.2, 0) is 15.1 Å². The molecule has 2 heterocycles. The van der Waals surface area contributed by atoms with E-state index in [4.69, 9.17) is 9.47 Å². The number of carbonyl (C=O) groups excluding carboxylic acids is 1. The molecule has 3 aromatic rings. The minimum atomic E-state index is -1.02. The van der Waals surface area contributed by atoms with E-state index in [-0.39, 0.29) is 23.0 Å². The van der Waals surface area contributed by atoms with Gasteiger partial charge >= 0.3 is 0 Å². The number of fused-ring (bicyclic) bond motifs is 1. The third-order valence-corrected chi connectivity index (χ3v) is 5.00. The minimum Gasteiger partial charge on any atom is -0.502 e. The molecular weight excluding hydrogens is 381 g/mol. The third kappa shape index (κ3) is 2.85. The monoisotopic (exact) mass is 401 g/mol. The molecule has 0 atom stereocenters. The number of carbonyl (C=O) groups is 1. The van der Waals surface area contributed by atoms with Gasteiger partial charge in [-0.15, -0.1) is 0 Å². The molecule has 4 rings (SSSR count). The van der Waals surface area contributed by atoms with E-state index in [1.54, 1.807) is 12.1 Å². The summed E-state index contributed by atoms with van der Waals surface area (Å²) in [6, 6.07) is 6.57. The summed E-state index contributed by atoms with van der Waals surface area (Å²) in [6.07, 6.45) is 0. The number of phenolic OH excluding ortho intramolecular Hbond substituents is 2. The zero-order valence-electron chi connectivity index (χ0n) is 16.1. The largest absolute Gasteiger partial charge is 0.502 e. The molecule has 3 N–H and O–H groups in total. The average Bonchev–Trinajstić information content (AvgIpc) is 3.05. The van der Waals surface area contributed by atoms with Crippen LogP contribution in [0.15, 0.2) is 24.3 Å². The number of ether oxygens (including phenoxy) is 2. The number of para-hydroxylation sites is 1. The normalized spacial score (nSPS) is 15.2. The molecule has 9 heteroatoms. The van der Waals surface area contributed by atoms with Gasteiger partial charge in [0.1, 0.15) is 11.3 Å². The van der Waals surface area contributed by atoms with E-state index in [1.807, 2.05) is 17.6 Å². The highest BCUT2D eigenvalue weighted by atomic mass is 19.1. The molecule has 152 valence electrons. The molecule has 1 amide bonds. The summed E-state index contributed by atoms with van der Waals surface area (Å²) in [5.74, 6) is -2.76. The molecule has 1 aliphatic rings. The van der Waals surface area contributed by atoms with Gasteiger partial charge in [-0.25, -0.2) is 9.37 Å². The molecule has 8 nitrogen and oxygen atoms in total. The fourth-order valence-corrected chi connectivity index (χ4v) is 3.57. The Morgan fingerprint density at radius 2 is 2.07 bits per heavy atom. The van der Waals surface area contributed by atoms with Crippen molar-refractivity contribution in [3.05, 3.63) is 30.1 Å². The highest BCUT2D eigenvalue weighted by molar-refractivity contribution is 6.00. The van der Waals surface area contributed by atoms with Gasteiger partial charge in [0.15, 0.2) is 17.3 Å². The van der Waals surface area contributed by atoms with Crippen molar-refractivity contribution in [3.63, 3.8) is 0 Å². The molecule has 1 saturated heterocycles. The van der Waals surface area contributed by atoms with Gasteiger partial charge < -0.3 is 29.6 Å². The van der Waals surface area contributed by atoms with E-state index < -0.39 is 22.9 Å². The zero-order chi connectivity index (χ0) is 20.9. The number of imidazole rings is 1. The standard InChI is InChI=1S/C20H20FN3O5/c1-10(25)22-12-5-4-6-13-16(12)23-19(24(13)20(2)8-29-9-20)11-7-14(28-3)17(26)18(27)15(11)21/h4-7,26-27H,8-9H2,1-3H3,(H,22,25). The molecule has 0 unspecified atom stereocenters. The molecule has 1 aromatic heterocycles. The molecule has 0 spiro atoms. The third-order valence-electron chi connectivity index (χ3n) is 5.00. The predicted octanol–water partition coefficient (Wildman–Crippen LogP) is 2.97.